The number of fused-ring (bicyclic) bond motifs is 1. The van der Waals surface area contributed by atoms with E-state index in [4.69, 9.17) is 9.47 Å². The number of hydrogen-bond donors (Lipinski definition) is 1. The van der Waals surface area contributed by atoms with Gasteiger partial charge in [-0.1, -0.05) is 6.07 Å². The van der Waals surface area contributed by atoms with Crippen molar-refractivity contribution in [2.45, 2.75) is 19.3 Å². The van der Waals surface area contributed by atoms with Crippen LogP contribution in [0.2, 0.25) is 0 Å². The van der Waals surface area contributed by atoms with Gasteiger partial charge in [-0.05, 0) is 43.0 Å². The molecule has 0 radical (unpaired) electrons. The molecule has 0 unspecified atom stereocenters. The van der Waals surface area contributed by atoms with Crippen LogP contribution in [-0.4, -0.2) is 42.3 Å². The minimum Gasteiger partial charge on any atom is -0.454 e. The molecule has 4 rings (SSSR count). The van der Waals surface area contributed by atoms with Gasteiger partial charge in [0.1, 0.15) is 0 Å². The molecule has 3 heterocycles. The van der Waals surface area contributed by atoms with E-state index in [2.05, 4.69) is 20.2 Å². The third-order valence-corrected chi connectivity index (χ3v) is 4.78. The first kappa shape index (κ1) is 16.6. The van der Waals surface area contributed by atoms with Crippen LogP contribution >= 0.6 is 0 Å². The van der Waals surface area contributed by atoms with Crippen LogP contribution in [0.5, 0.6) is 11.5 Å². The number of anilines is 1. The van der Waals surface area contributed by atoms with Crippen LogP contribution < -0.4 is 19.7 Å². The molecule has 1 saturated heterocycles. The molecule has 2 aliphatic rings. The Hall–Kier alpha value is -2.83. The Morgan fingerprint density at radius 2 is 2.08 bits per heavy atom. The molecule has 7 heteroatoms. The van der Waals surface area contributed by atoms with Crippen LogP contribution in [0.4, 0.5) is 5.95 Å². The third kappa shape index (κ3) is 3.71. The number of ether oxygens (including phenoxy) is 2. The first-order chi connectivity index (χ1) is 12.8. The monoisotopic (exact) mass is 354 g/mol. The van der Waals surface area contributed by atoms with Gasteiger partial charge < -0.3 is 19.7 Å². The predicted molar refractivity (Wildman–Crippen MR) is 96.2 cm³/mol. The molecule has 1 aromatic carbocycles. The van der Waals surface area contributed by atoms with Gasteiger partial charge in [0.2, 0.25) is 18.6 Å². The van der Waals surface area contributed by atoms with Gasteiger partial charge in [-0.2, -0.15) is 0 Å². The van der Waals surface area contributed by atoms with Gasteiger partial charge in [0.15, 0.2) is 11.5 Å². The minimum atomic E-state index is -0.0238. The fraction of sp³-hybridized carbons (Fsp3) is 0.421. The fourth-order valence-electron chi connectivity index (χ4n) is 3.40. The number of piperidine rings is 1. The van der Waals surface area contributed by atoms with E-state index in [1.807, 2.05) is 18.2 Å². The Morgan fingerprint density at radius 3 is 2.96 bits per heavy atom. The summed E-state index contributed by atoms with van der Waals surface area (Å²) in [5.74, 6) is 2.34. The second-order valence-electron chi connectivity index (χ2n) is 6.56. The summed E-state index contributed by atoms with van der Waals surface area (Å²) in [5, 5.41) is 3.06. The topological polar surface area (TPSA) is 76.6 Å². The second kappa shape index (κ2) is 7.59. The molecule has 0 bridgehead atoms. The van der Waals surface area contributed by atoms with E-state index in [1.54, 1.807) is 18.5 Å². The zero-order valence-corrected chi connectivity index (χ0v) is 14.6. The fourth-order valence-corrected chi connectivity index (χ4v) is 3.40. The maximum atomic E-state index is 12.5. The molecule has 1 amide bonds. The zero-order chi connectivity index (χ0) is 17.8. The highest BCUT2D eigenvalue weighted by Crippen LogP contribution is 2.32. The second-order valence-corrected chi connectivity index (χ2v) is 6.56. The Bertz CT molecular complexity index is 769. The Balaban J connectivity index is 1.28. The van der Waals surface area contributed by atoms with Gasteiger partial charge in [-0.25, -0.2) is 9.97 Å². The number of rotatable bonds is 5. The van der Waals surface area contributed by atoms with Gasteiger partial charge in [-0.15, -0.1) is 0 Å². The molecule has 1 N–H and O–H groups in total. The number of carbonyl (C=O) groups is 1. The van der Waals surface area contributed by atoms with Crippen molar-refractivity contribution < 1.29 is 14.3 Å². The molecule has 0 saturated carbocycles. The molecule has 1 atom stereocenters. The molecule has 0 spiro atoms. The lowest BCUT2D eigenvalue weighted by atomic mass is 9.97. The van der Waals surface area contributed by atoms with Crippen molar-refractivity contribution in [1.82, 2.24) is 15.3 Å². The summed E-state index contributed by atoms with van der Waals surface area (Å²) in [7, 11) is 0. The SMILES string of the molecule is O=C(NCCc1ccc2c(c1)OCO2)[C@@H]1CCCN(c2ncccn2)C1. The third-order valence-electron chi connectivity index (χ3n) is 4.78. The van der Waals surface area contributed by atoms with Crippen molar-refractivity contribution in [2.24, 2.45) is 5.92 Å². The number of benzene rings is 1. The van der Waals surface area contributed by atoms with Crippen LogP contribution in [0, 0.1) is 5.92 Å². The van der Waals surface area contributed by atoms with Crippen LogP contribution in [0.1, 0.15) is 18.4 Å². The van der Waals surface area contributed by atoms with E-state index < -0.39 is 0 Å². The quantitative estimate of drug-likeness (QED) is 0.882. The summed E-state index contributed by atoms with van der Waals surface area (Å²) in [6.45, 7) is 2.44. The van der Waals surface area contributed by atoms with Crippen molar-refractivity contribution in [3.8, 4) is 11.5 Å². The van der Waals surface area contributed by atoms with Gasteiger partial charge in [0.25, 0.3) is 0 Å². The maximum absolute atomic E-state index is 12.5. The first-order valence-corrected chi connectivity index (χ1v) is 8.98. The maximum Gasteiger partial charge on any atom is 0.231 e. The molecule has 7 nitrogen and oxygen atoms in total. The number of amides is 1. The van der Waals surface area contributed by atoms with Crippen molar-refractivity contribution in [1.29, 1.82) is 0 Å². The molecule has 2 aromatic rings. The molecular formula is C19H22N4O3. The van der Waals surface area contributed by atoms with E-state index in [0.29, 0.717) is 19.0 Å². The Morgan fingerprint density at radius 1 is 1.23 bits per heavy atom. The molecule has 0 aliphatic carbocycles. The smallest absolute Gasteiger partial charge is 0.231 e. The molecule has 26 heavy (non-hydrogen) atoms. The predicted octanol–water partition coefficient (Wildman–Crippen LogP) is 1.78. The average Bonchev–Trinajstić information content (AvgIpc) is 3.16. The number of carbonyl (C=O) groups excluding carboxylic acids is 1. The lowest BCUT2D eigenvalue weighted by molar-refractivity contribution is -0.125. The van der Waals surface area contributed by atoms with E-state index in [0.717, 1.165) is 42.9 Å². The van der Waals surface area contributed by atoms with Crippen molar-refractivity contribution in [3.05, 3.63) is 42.2 Å². The average molecular weight is 354 g/mol. The van der Waals surface area contributed by atoms with E-state index in [9.17, 15) is 4.79 Å². The minimum absolute atomic E-state index is 0.0238. The van der Waals surface area contributed by atoms with Gasteiger partial charge in [0.05, 0.1) is 5.92 Å². The highest BCUT2D eigenvalue weighted by Gasteiger charge is 2.26. The number of nitrogens with one attached hydrogen (secondary N) is 1. The molecular weight excluding hydrogens is 332 g/mol. The van der Waals surface area contributed by atoms with Crippen LogP contribution in [-0.2, 0) is 11.2 Å². The number of hydrogen-bond acceptors (Lipinski definition) is 6. The lowest BCUT2D eigenvalue weighted by Crippen LogP contribution is -2.44. The Kier molecular flexibility index (Phi) is 4.86. The van der Waals surface area contributed by atoms with E-state index in [1.165, 1.54) is 0 Å². The van der Waals surface area contributed by atoms with Gasteiger partial charge in [0, 0.05) is 32.0 Å². The summed E-state index contributed by atoms with van der Waals surface area (Å²) < 4.78 is 10.7. The number of aromatic nitrogens is 2. The standard InChI is InChI=1S/C19H22N4O3/c24-18(15-3-1-10-23(12-15)19-21-7-2-8-22-19)20-9-6-14-4-5-16-17(11-14)26-13-25-16/h2,4-5,7-8,11,15H,1,3,6,9-10,12-13H2,(H,20,24)/t15-/m1/s1. The Labute approximate surface area is 152 Å². The molecule has 1 aromatic heterocycles. The summed E-state index contributed by atoms with van der Waals surface area (Å²) in [4.78, 5) is 23.2. The summed E-state index contributed by atoms with van der Waals surface area (Å²) in [5.41, 5.74) is 1.12. The van der Waals surface area contributed by atoms with Crippen molar-refractivity contribution in [2.75, 3.05) is 31.3 Å². The molecule has 2 aliphatic heterocycles. The normalized spacial score (nSPS) is 18.6. The van der Waals surface area contributed by atoms with Crippen LogP contribution in [0.25, 0.3) is 0 Å². The first-order valence-electron chi connectivity index (χ1n) is 8.98. The summed E-state index contributed by atoms with van der Waals surface area (Å²) in [6.07, 6.45) is 6.10. The van der Waals surface area contributed by atoms with E-state index >= 15 is 0 Å². The lowest BCUT2D eigenvalue weighted by Gasteiger charge is -2.31. The number of nitrogens with zero attached hydrogens (tertiary/aromatic N) is 3. The molecule has 136 valence electrons. The largest absolute Gasteiger partial charge is 0.454 e. The molecule has 1 fully saturated rings. The summed E-state index contributed by atoms with van der Waals surface area (Å²) >= 11 is 0. The van der Waals surface area contributed by atoms with E-state index in [-0.39, 0.29) is 18.6 Å². The highest BCUT2D eigenvalue weighted by molar-refractivity contribution is 5.79. The van der Waals surface area contributed by atoms with Crippen LogP contribution in [0.15, 0.2) is 36.7 Å². The van der Waals surface area contributed by atoms with Gasteiger partial charge >= 0.3 is 0 Å². The summed E-state index contributed by atoms with van der Waals surface area (Å²) in [6, 6.07) is 7.70. The highest BCUT2D eigenvalue weighted by atomic mass is 16.7. The van der Waals surface area contributed by atoms with Crippen molar-refractivity contribution in [3.63, 3.8) is 0 Å². The van der Waals surface area contributed by atoms with Gasteiger partial charge in [-0.3, -0.25) is 4.79 Å². The van der Waals surface area contributed by atoms with Crippen molar-refractivity contribution >= 4 is 11.9 Å². The zero-order valence-electron chi connectivity index (χ0n) is 14.6. The van der Waals surface area contributed by atoms with Crippen LogP contribution in [0.3, 0.4) is 0 Å².